The van der Waals surface area contributed by atoms with Crippen molar-refractivity contribution in [1.29, 1.82) is 21.0 Å². The molecular formula is C113H94N8O4+4. The number of nitrogens with zero attached hydrogens (tertiary/aromatic N) is 8. The largest absolute Gasteiger partial charge is 0.454 e. The minimum atomic E-state index is -2.51. The molecule has 0 N–H and O–H groups in total. The first-order valence-electron chi connectivity index (χ1n) is 47.9. The smallest absolute Gasteiger partial charge is 0.216 e. The summed E-state index contributed by atoms with van der Waals surface area (Å²) < 4.78 is 148. The number of rotatable bonds is 8. The maximum absolute atomic E-state index is 9.95. The summed E-state index contributed by atoms with van der Waals surface area (Å²) in [5, 5.41) is 45.8. The van der Waals surface area contributed by atoms with Crippen LogP contribution in [0.25, 0.3) is 177 Å². The molecule has 8 heterocycles. The summed E-state index contributed by atoms with van der Waals surface area (Å²) in [6.07, 6.45) is 0. The van der Waals surface area contributed by atoms with Gasteiger partial charge in [0.05, 0.1) is 75.6 Å². The van der Waals surface area contributed by atoms with Gasteiger partial charge in [0, 0.05) is 152 Å². The van der Waals surface area contributed by atoms with E-state index in [9.17, 15) is 21.0 Å². The van der Waals surface area contributed by atoms with Gasteiger partial charge in [-0.05, 0) is 172 Å². The molecule has 12 aromatic carbocycles. The lowest BCUT2D eigenvalue weighted by atomic mass is 9.95. The Morgan fingerprint density at radius 3 is 1.10 bits per heavy atom. The molecule has 0 aliphatic rings. The van der Waals surface area contributed by atoms with Crippen LogP contribution >= 0.6 is 0 Å². The zero-order valence-electron chi connectivity index (χ0n) is 85.7. The standard InChI is InChI=1S/C29H25N2O.3C28H23N2O/c1-17-11-13-24-27-22(16-30)12-14-23(21-9-7-6-8-10-21)28(27)32-29(24)26(17)25-15-18(2)19(3)20(4)31(25)5;1-17-13-14-24(30(4)19(17)3)25-18(2)15-21(16-29)26-23-12-8-11-22(27(23)31-28(25)26)20-9-6-5-7-10-20;1-17-11-15-24(30(4)19(17)3)25-18(2)10-13-23-26-21(16-29)12-14-22(27(26)31-28(23)25)20-8-6-5-7-9-20;1-17-14-19(3)30(4)24(15-17)25-18(2)10-12-23-26-21(16-29)11-13-22(27(26)31-28(23)25)20-8-6-5-7-9-20/h6-15H,1-5H3;3*5-15H,1-4H3/q4*+1/i3D3,15D;1D3;1D3,11D,15D;14D,15D. The van der Waals surface area contributed by atoms with Crippen LogP contribution in [0.2, 0.25) is 0 Å². The molecule has 12 heteroatoms. The molecule has 0 aliphatic carbocycles. The zero-order chi connectivity index (χ0) is 99.5. The summed E-state index contributed by atoms with van der Waals surface area (Å²) in [6.45, 7) is 11.4. The van der Waals surface area contributed by atoms with Gasteiger partial charge in [0.25, 0.3) is 0 Å². The minimum Gasteiger partial charge on any atom is -0.454 e. The van der Waals surface area contributed by atoms with Crippen LogP contribution in [0.1, 0.15) is 114 Å². The fraction of sp³-hybridized carbons (Fsp3) is 0.150. The van der Waals surface area contributed by atoms with Gasteiger partial charge in [0.2, 0.25) is 22.8 Å². The van der Waals surface area contributed by atoms with E-state index in [4.69, 9.17) is 36.9 Å². The normalized spacial score (nSPS) is 13.1. The molecule has 0 saturated heterocycles. The molecule has 0 aliphatic heterocycles. The fourth-order valence-corrected chi connectivity index (χ4v) is 17.3. The van der Waals surface area contributed by atoms with Crippen LogP contribution < -0.4 is 18.3 Å². The number of benzene rings is 12. The van der Waals surface area contributed by atoms with Crippen molar-refractivity contribution in [3.63, 3.8) is 0 Å². The number of furan rings is 4. The van der Waals surface area contributed by atoms with E-state index in [2.05, 4.69) is 24.3 Å². The van der Waals surface area contributed by atoms with E-state index in [0.29, 0.717) is 135 Å². The van der Waals surface area contributed by atoms with Crippen LogP contribution in [-0.2, 0) is 28.2 Å². The van der Waals surface area contributed by atoms with Gasteiger partial charge in [0.15, 0.2) is 28.4 Å². The third-order valence-electron chi connectivity index (χ3n) is 24.3. The van der Waals surface area contributed by atoms with Crippen LogP contribution in [-0.4, -0.2) is 0 Å². The van der Waals surface area contributed by atoms with E-state index in [1.807, 2.05) is 290 Å². The predicted octanol–water partition coefficient (Wildman–Crippen LogP) is 26.5. The van der Waals surface area contributed by atoms with Crippen LogP contribution in [0, 0.1) is 135 Å². The van der Waals surface area contributed by atoms with Crippen molar-refractivity contribution in [3.05, 3.63) is 356 Å². The van der Waals surface area contributed by atoms with Gasteiger partial charge in [-0.3, -0.25) is 0 Å². The Hall–Kier alpha value is -15.6. The van der Waals surface area contributed by atoms with Crippen molar-refractivity contribution >= 4 is 87.8 Å². The van der Waals surface area contributed by atoms with Crippen molar-refractivity contribution in [2.24, 2.45) is 28.2 Å². The van der Waals surface area contributed by atoms with E-state index in [-0.39, 0.29) is 29.3 Å². The SMILES string of the molecule is [2H]C([2H])([2H])c1ccc(-c2c(C)cc(C#N)c3c2oc2c(-c4ccccc4)cccc23)[n+](C)c1C.[2H]c1c(C)c(C([2H])([2H])[2H])c(C)[n+](C)c1-c1c(C)ccc2c1oc1c(-c3ccccc3)ccc(C#N)c12.[2H]c1c(C)c([2H])c(-c2c(C)ccc3c2oc2c(-c4ccccc4)ccc(C#N)c23)[n+](C)c1C.[2H]c1c([2H])c(-c2c(C)ccc3c2oc2c(-c4ccccc4)ccc(C#N)c23)[n+](C)c(C)c1C([2H])([2H])[2H]. The molecule has 0 fully saturated rings. The number of fused-ring (bicyclic) bond motifs is 12. The summed E-state index contributed by atoms with van der Waals surface area (Å²) in [4.78, 5) is 0. The van der Waals surface area contributed by atoms with E-state index >= 15 is 0 Å². The van der Waals surface area contributed by atoms with Crippen molar-refractivity contribution in [1.82, 2.24) is 0 Å². The lowest BCUT2D eigenvalue weighted by Gasteiger charge is -2.10. The molecule has 0 spiro atoms. The Labute approximate surface area is 747 Å². The number of para-hydroxylation sites is 1. The lowest BCUT2D eigenvalue weighted by molar-refractivity contribution is -0.667. The summed E-state index contributed by atoms with van der Waals surface area (Å²) >= 11 is 0. The third kappa shape index (κ3) is 14.2. The Morgan fingerprint density at radius 1 is 0.280 bits per heavy atom. The lowest BCUT2D eigenvalue weighted by Crippen LogP contribution is -2.36. The molecule has 0 unspecified atom stereocenters. The van der Waals surface area contributed by atoms with Crippen molar-refractivity contribution < 1.29 is 55.1 Å². The summed E-state index contributed by atoms with van der Waals surface area (Å²) in [5.41, 5.74) is 27.6. The number of aryl methyl sites for hydroxylation is 5. The van der Waals surface area contributed by atoms with Crippen LogP contribution in [0.15, 0.2) is 278 Å². The average molecular weight is 1640 g/mol. The highest BCUT2D eigenvalue weighted by Crippen LogP contribution is 2.48. The summed E-state index contributed by atoms with van der Waals surface area (Å²) in [7, 11) is 7.24. The average Bonchev–Trinajstić information content (AvgIpc) is 1.54. The molecule has 0 atom stereocenters. The Balaban J connectivity index is 0.000000128. The second kappa shape index (κ2) is 33.1. The summed E-state index contributed by atoms with van der Waals surface area (Å²) in [6, 6.07) is 83.5. The van der Waals surface area contributed by atoms with Gasteiger partial charge in [-0.25, -0.2) is 0 Å². The highest BCUT2D eigenvalue weighted by Gasteiger charge is 2.31. The first kappa shape index (κ1) is 66.2. The Kier molecular flexibility index (Phi) is 17.5. The molecule has 8 aromatic heterocycles. The molecule has 20 aromatic rings. The number of hydrogen-bond donors (Lipinski definition) is 0. The number of nitriles is 4. The fourth-order valence-electron chi connectivity index (χ4n) is 17.3. The maximum atomic E-state index is 9.95. The van der Waals surface area contributed by atoms with Crippen LogP contribution in [0.3, 0.4) is 0 Å². The zero-order valence-corrected chi connectivity index (χ0v) is 71.7. The highest BCUT2D eigenvalue weighted by molar-refractivity contribution is 6.19. The van der Waals surface area contributed by atoms with E-state index < -0.39 is 20.6 Å². The first-order valence-corrected chi connectivity index (χ1v) is 40.9. The van der Waals surface area contributed by atoms with Gasteiger partial charge in [0.1, 0.15) is 67.3 Å². The number of aromatic nitrogens is 4. The minimum absolute atomic E-state index is 0.133. The molecule has 0 bridgehead atoms. The molecular weight excluding hydrogens is 1530 g/mol. The summed E-state index contributed by atoms with van der Waals surface area (Å²) in [5.74, 6) is 0. The van der Waals surface area contributed by atoms with Gasteiger partial charge in [-0.1, -0.05) is 176 Å². The maximum Gasteiger partial charge on any atom is 0.216 e. The van der Waals surface area contributed by atoms with Crippen molar-refractivity contribution in [2.75, 3.05) is 0 Å². The molecule has 12 nitrogen and oxygen atoms in total. The molecule has 125 heavy (non-hydrogen) atoms. The van der Waals surface area contributed by atoms with E-state index in [1.165, 1.54) is 0 Å². The highest BCUT2D eigenvalue weighted by atomic mass is 16.3. The van der Waals surface area contributed by atoms with Crippen LogP contribution in [0.4, 0.5) is 0 Å². The molecule has 606 valence electrons. The second-order valence-electron chi connectivity index (χ2n) is 31.7. The van der Waals surface area contributed by atoms with Crippen LogP contribution in [0.5, 0.6) is 0 Å². The molecule has 0 saturated carbocycles. The number of pyridine rings is 4. The molecule has 0 radical (unpaired) electrons. The van der Waals surface area contributed by atoms with Gasteiger partial charge >= 0.3 is 0 Å². The Bertz CT molecular complexity index is 8380. The first-order chi connectivity index (χ1) is 66.2. The van der Waals surface area contributed by atoms with Gasteiger partial charge < -0.3 is 17.7 Å². The van der Waals surface area contributed by atoms with Gasteiger partial charge in [-0.2, -0.15) is 39.3 Å². The topological polar surface area (TPSA) is 163 Å². The monoisotopic (exact) mass is 1640 g/mol. The van der Waals surface area contributed by atoms with E-state index in [0.717, 1.165) is 138 Å². The quantitative estimate of drug-likeness (QED) is 0.136. The Morgan fingerprint density at radius 2 is 0.656 bits per heavy atom. The molecule has 20 rings (SSSR count). The second-order valence-corrected chi connectivity index (χ2v) is 31.7. The predicted molar refractivity (Wildman–Crippen MR) is 504 cm³/mol. The van der Waals surface area contributed by atoms with E-state index in [1.54, 1.807) is 56.1 Å². The van der Waals surface area contributed by atoms with Crippen molar-refractivity contribution in [2.45, 2.75) is 89.8 Å². The molecule has 0 amide bonds. The third-order valence-corrected chi connectivity index (χ3v) is 24.3. The van der Waals surface area contributed by atoms with Crippen molar-refractivity contribution in [3.8, 4) is 114 Å². The number of hydrogen-bond acceptors (Lipinski definition) is 8. The van der Waals surface area contributed by atoms with Gasteiger partial charge in [-0.15, -0.1) is 0 Å².